The van der Waals surface area contributed by atoms with Crippen molar-refractivity contribution >= 4 is 11.9 Å². The summed E-state index contributed by atoms with van der Waals surface area (Å²) in [5.41, 5.74) is 0. The van der Waals surface area contributed by atoms with Crippen LogP contribution in [0.1, 0.15) is 26.2 Å². The number of guanidine groups is 1. The van der Waals surface area contributed by atoms with Crippen LogP contribution in [0.25, 0.3) is 0 Å². The van der Waals surface area contributed by atoms with Crippen molar-refractivity contribution < 1.29 is 4.79 Å². The van der Waals surface area contributed by atoms with Crippen LogP contribution >= 0.6 is 0 Å². The fourth-order valence-electron chi connectivity index (χ4n) is 2.56. The van der Waals surface area contributed by atoms with Crippen molar-refractivity contribution in [3.05, 3.63) is 0 Å². The summed E-state index contributed by atoms with van der Waals surface area (Å²) in [4.78, 5) is 20.4. The van der Waals surface area contributed by atoms with E-state index in [1.54, 1.807) is 7.05 Å². The lowest BCUT2D eigenvalue weighted by Gasteiger charge is -2.34. The molecule has 6 nitrogen and oxygen atoms in total. The molecule has 6 heteroatoms. The van der Waals surface area contributed by atoms with Gasteiger partial charge >= 0.3 is 0 Å². The number of hydrogen-bond acceptors (Lipinski definition) is 3. The maximum absolute atomic E-state index is 11.4. The number of likely N-dealkylation sites (tertiary alicyclic amines) is 1. The molecule has 2 N–H and O–H groups in total. The van der Waals surface area contributed by atoms with Crippen LogP contribution in [-0.4, -0.2) is 75.5 Å². The number of nitrogens with one attached hydrogen (secondary N) is 2. The second-order valence-electron chi connectivity index (χ2n) is 5.68. The number of hydrogen-bond donors (Lipinski definition) is 2. The van der Waals surface area contributed by atoms with Crippen molar-refractivity contribution in [3.63, 3.8) is 0 Å². The van der Waals surface area contributed by atoms with Gasteiger partial charge in [0, 0.05) is 46.7 Å². The summed E-state index contributed by atoms with van der Waals surface area (Å²) in [6.45, 7) is 7.10. The number of likely N-dealkylation sites (N-methyl/N-ethyl adjacent to an activating group) is 1. The van der Waals surface area contributed by atoms with Crippen molar-refractivity contribution in [1.29, 1.82) is 0 Å². The minimum atomic E-state index is 0.151. The lowest BCUT2D eigenvalue weighted by atomic mass is 9.93. The molecule has 1 aliphatic heterocycles. The highest BCUT2D eigenvalue weighted by Crippen LogP contribution is 2.20. The number of aliphatic imine (C=N–C) groups is 1. The first kappa shape index (κ1) is 17.8. The molecule has 0 aromatic rings. The van der Waals surface area contributed by atoms with E-state index < -0.39 is 0 Å². The van der Waals surface area contributed by atoms with Crippen LogP contribution in [-0.2, 0) is 4.79 Å². The monoisotopic (exact) mass is 297 g/mol. The zero-order chi connectivity index (χ0) is 15.7. The SMILES string of the molecule is CCN(C)CCNC(=NC)N1CCC(CC(=O)NC)CC1. The second kappa shape index (κ2) is 9.60. The molecule has 0 saturated carbocycles. The Morgan fingerprint density at radius 2 is 2.05 bits per heavy atom. The van der Waals surface area contributed by atoms with Crippen LogP contribution in [0.15, 0.2) is 4.99 Å². The van der Waals surface area contributed by atoms with Crippen LogP contribution in [0.3, 0.4) is 0 Å². The van der Waals surface area contributed by atoms with Gasteiger partial charge in [-0.2, -0.15) is 0 Å². The summed E-state index contributed by atoms with van der Waals surface area (Å²) < 4.78 is 0. The topological polar surface area (TPSA) is 60.0 Å². The van der Waals surface area contributed by atoms with Gasteiger partial charge in [0.2, 0.25) is 5.91 Å². The summed E-state index contributed by atoms with van der Waals surface area (Å²) in [5.74, 6) is 1.64. The molecule has 122 valence electrons. The van der Waals surface area contributed by atoms with Gasteiger partial charge in [0.25, 0.3) is 0 Å². The highest BCUT2D eigenvalue weighted by molar-refractivity contribution is 5.80. The van der Waals surface area contributed by atoms with Gasteiger partial charge in [0.05, 0.1) is 0 Å². The van der Waals surface area contributed by atoms with Crippen molar-refractivity contribution in [2.45, 2.75) is 26.2 Å². The molecule has 1 aliphatic rings. The third-order valence-corrected chi connectivity index (χ3v) is 4.20. The molecule has 0 atom stereocenters. The summed E-state index contributed by atoms with van der Waals surface area (Å²) in [7, 11) is 5.66. The van der Waals surface area contributed by atoms with E-state index in [9.17, 15) is 4.79 Å². The molecule has 1 fully saturated rings. The van der Waals surface area contributed by atoms with Gasteiger partial charge in [-0.3, -0.25) is 9.79 Å². The average Bonchev–Trinajstić information content (AvgIpc) is 2.52. The third kappa shape index (κ3) is 6.33. The van der Waals surface area contributed by atoms with Gasteiger partial charge in [-0.25, -0.2) is 0 Å². The Kier molecular flexibility index (Phi) is 8.12. The smallest absolute Gasteiger partial charge is 0.220 e. The van der Waals surface area contributed by atoms with E-state index in [1.807, 2.05) is 7.05 Å². The summed E-state index contributed by atoms with van der Waals surface area (Å²) in [6.07, 6.45) is 2.77. The van der Waals surface area contributed by atoms with E-state index in [2.05, 4.69) is 39.4 Å². The number of amides is 1. The van der Waals surface area contributed by atoms with Crippen molar-refractivity contribution in [2.75, 3.05) is 53.9 Å². The van der Waals surface area contributed by atoms with Crippen LogP contribution in [0.2, 0.25) is 0 Å². The largest absolute Gasteiger partial charge is 0.359 e. The Hall–Kier alpha value is -1.30. The number of carbonyl (C=O) groups excluding carboxylic acids is 1. The average molecular weight is 297 g/mol. The number of carbonyl (C=O) groups is 1. The molecule has 0 spiro atoms. The predicted octanol–water partition coefficient (Wildman–Crippen LogP) is 0.362. The van der Waals surface area contributed by atoms with Gasteiger partial charge in [-0.15, -0.1) is 0 Å². The molecule has 1 rings (SSSR count). The predicted molar refractivity (Wildman–Crippen MR) is 87.5 cm³/mol. The van der Waals surface area contributed by atoms with E-state index in [0.29, 0.717) is 12.3 Å². The fourth-order valence-corrected chi connectivity index (χ4v) is 2.56. The molecule has 1 amide bonds. The van der Waals surface area contributed by atoms with Gasteiger partial charge in [-0.05, 0) is 32.4 Å². The van der Waals surface area contributed by atoms with Gasteiger partial charge in [0.1, 0.15) is 0 Å². The number of nitrogens with zero attached hydrogens (tertiary/aromatic N) is 3. The molecular weight excluding hydrogens is 266 g/mol. The first-order chi connectivity index (χ1) is 10.1. The number of rotatable bonds is 6. The van der Waals surface area contributed by atoms with E-state index in [4.69, 9.17) is 0 Å². The molecule has 1 heterocycles. The molecule has 0 aromatic heterocycles. The van der Waals surface area contributed by atoms with E-state index in [-0.39, 0.29) is 5.91 Å². The fraction of sp³-hybridized carbons (Fsp3) is 0.867. The van der Waals surface area contributed by atoms with Crippen molar-refractivity contribution in [3.8, 4) is 0 Å². The zero-order valence-corrected chi connectivity index (χ0v) is 14.0. The first-order valence-electron chi connectivity index (χ1n) is 7.95. The second-order valence-corrected chi connectivity index (χ2v) is 5.68. The quantitative estimate of drug-likeness (QED) is 0.549. The van der Waals surface area contributed by atoms with Crippen molar-refractivity contribution in [2.24, 2.45) is 10.9 Å². The van der Waals surface area contributed by atoms with Gasteiger partial charge in [-0.1, -0.05) is 6.92 Å². The van der Waals surface area contributed by atoms with Crippen LogP contribution in [0, 0.1) is 5.92 Å². The standard InChI is InChI=1S/C15H31N5O/c1-5-19(4)11-8-18-15(17-3)20-9-6-13(7-10-20)12-14(21)16-2/h13H,5-12H2,1-4H3,(H,16,21)(H,17,18). The Labute approximate surface area is 129 Å². The summed E-state index contributed by atoms with van der Waals surface area (Å²) in [6, 6.07) is 0. The first-order valence-corrected chi connectivity index (χ1v) is 7.95. The minimum Gasteiger partial charge on any atom is -0.359 e. The molecule has 0 aromatic carbocycles. The Balaban J connectivity index is 2.32. The minimum absolute atomic E-state index is 0.151. The lowest BCUT2D eigenvalue weighted by molar-refractivity contribution is -0.121. The summed E-state index contributed by atoms with van der Waals surface area (Å²) in [5, 5.41) is 6.13. The van der Waals surface area contributed by atoms with Crippen LogP contribution in [0.4, 0.5) is 0 Å². The molecule has 0 unspecified atom stereocenters. The third-order valence-electron chi connectivity index (χ3n) is 4.20. The molecule has 0 bridgehead atoms. The molecule has 1 saturated heterocycles. The normalized spacial score (nSPS) is 17.2. The number of piperidine rings is 1. The summed E-state index contributed by atoms with van der Waals surface area (Å²) >= 11 is 0. The Bertz CT molecular complexity index is 337. The maximum atomic E-state index is 11.4. The Morgan fingerprint density at radius 1 is 1.38 bits per heavy atom. The van der Waals surface area contributed by atoms with Gasteiger partial charge < -0.3 is 20.4 Å². The van der Waals surface area contributed by atoms with Crippen LogP contribution < -0.4 is 10.6 Å². The zero-order valence-electron chi connectivity index (χ0n) is 14.0. The molecule has 0 radical (unpaired) electrons. The van der Waals surface area contributed by atoms with E-state index in [1.165, 1.54) is 0 Å². The Morgan fingerprint density at radius 3 is 2.57 bits per heavy atom. The van der Waals surface area contributed by atoms with E-state index >= 15 is 0 Å². The van der Waals surface area contributed by atoms with Crippen molar-refractivity contribution in [1.82, 2.24) is 20.4 Å². The van der Waals surface area contributed by atoms with Gasteiger partial charge in [0.15, 0.2) is 5.96 Å². The maximum Gasteiger partial charge on any atom is 0.220 e. The highest BCUT2D eigenvalue weighted by atomic mass is 16.1. The van der Waals surface area contributed by atoms with E-state index in [0.717, 1.165) is 51.5 Å². The highest BCUT2D eigenvalue weighted by Gasteiger charge is 2.22. The molecular formula is C15H31N5O. The molecule has 21 heavy (non-hydrogen) atoms. The lowest BCUT2D eigenvalue weighted by Crippen LogP contribution is -2.47. The molecule has 0 aliphatic carbocycles. The van der Waals surface area contributed by atoms with Crippen LogP contribution in [0.5, 0.6) is 0 Å².